The number of ether oxygens (including phenoxy) is 1. The summed E-state index contributed by atoms with van der Waals surface area (Å²) >= 11 is 0. The van der Waals surface area contributed by atoms with Crippen LogP contribution in [0.1, 0.15) is 32.8 Å². The van der Waals surface area contributed by atoms with Gasteiger partial charge in [-0.3, -0.25) is 9.59 Å². The van der Waals surface area contributed by atoms with E-state index in [2.05, 4.69) is 0 Å². The van der Waals surface area contributed by atoms with Gasteiger partial charge in [0.2, 0.25) is 0 Å². The molecule has 0 N–H and O–H groups in total. The molecule has 3 heteroatoms. The van der Waals surface area contributed by atoms with Crippen molar-refractivity contribution in [3.63, 3.8) is 0 Å². The first kappa shape index (κ1) is 14.5. The molecule has 0 aromatic heterocycles. The number of carbonyl (C=O) groups is 2. The highest BCUT2D eigenvalue weighted by atomic mass is 16.5. The van der Waals surface area contributed by atoms with Gasteiger partial charge in [0.25, 0.3) is 0 Å². The molecule has 1 unspecified atom stereocenters. The van der Waals surface area contributed by atoms with Crippen LogP contribution in [-0.2, 0) is 20.9 Å². The van der Waals surface area contributed by atoms with E-state index in [1.165, 1.54) is 0 Å². The predicted octanol–water partition coefficient (Wildman–Crippen LogP) is 3.29. The molecule has 0 bridgehead atoms. The Bertz CT molecular complexity index is 543. The van der Waals surface area contributed by atoms with Gasteiger partial charge in [0, 0.05) is 0 Å². The molecule has 1 fully saturated rings. The third-order valence-electron chi connectivity index (χ3n) is 4.04. The third-order valence-corrected chi connectivity index (χ3v) is 4.04. The second-order valence-electron chi connectivity index (χ2n) is 6.10. The number of carbonyl (C=O) groups excluding carboxylic acids is 2. The Morgan fingerprint density at radius 2 is 1.90 bits per heavy atom. The van der Waals surface area contributed by atoms with Crippen LogP contribution in [0.4, 0.5) is 0 Å². The first-order valence-corrected chi connectivity index (χ1v) is 6.77. The van der Waals surface area contributed by atoms with Gasteiger partial charge in [-0.05, 0) is 29.9 Å². The van der Waals surface area contributed by atoms with Crippen molar-refractivity contribution < 1.29 is 14.3 Å². The number of hydrogen-bond acceptors (Lipinski definition) is 3. The van der Waals surface area contributed by atoms with Crippen molar-refractivity contribution in [3.05, 3.63) is 47.5 Å². The van der Waals surface area contributed by atoms with Gasteiger partial charge in [0.05, 0.1) is 5.41 Å². The quantitative estimate of drug-likeness (QED) is 0.469. The fourth-order valence-corrected chi connectivity index (χ4v) is 2.58. The average Bonchev–Trinajstić information content (AvgIpc) is 2.99. The first-order valence-electron chi connectivity index (χ1n) is 6.77. The van der Waals surface area contributed by atoms with Crippen LogP contribution in [0.2, 0.25) is 0 Å². The highest BCUT2D eigenvalue weighted by molar-refractivity contribution is 5.86. The van der Waals surface area contributed by atoms with Gasteiger partial charge in [0.15, 0.2) is 0 Å². The molecule has 1 aromatic carbocycles. The van der Waals surface area contributed by atoms with Crippen molar-refractivity contribution >= 4 is 12.3 Å². The van der Waals surface area contributed by atoms with Crippen LogP contribution in [0.15, 0.2) is 42.0 Å². The van der Waals surface area contributed by atoms with Gasteiger partial charge in [-0.15, -0.1) is 0 Å². The molecule has 1 atom stereocenters. The number of hydrogen-bond donors (Lipinski definition) is 0. The molecular formula is C17H20O3. The lowest BCUT2D eigenvalue weighted by Crippen LogP contribution is -2.22. The van der Waals surface area contributed by atoms with E-state index >= 15 is 0 Å². The van der Waals surface area contributed by atoms with Gasteiger partial charge in [-0.25, -0.2) is 0 Å². The Morgan fingerprint density at radius 1 is 1.30 bits per heavy atom. The van der Waals surface area contributed by atoms with Crippen molar-refractivity contribution in [1.29, 1.82) is 0 Å². The zero-order valence-electron chi connectivity index (χ0n) is 12.2. The van der Waals surface area contributed by atoms with E-state index < -0.39 is 5.41 Å². The Balaban J connectivity index is 2.09. The van der Waals surface area contributed by atoms with Crippen molar-refractivity contribution in [1.82, 2.24) is 0 Å². The minimum absolute atomic E-state index is 0.148. The smallest absolute Gasteiger partial charge is 0.316 e. The molecule has 106 valence electrons. The summed E-state index contributed by atoms with van der Waals surface area (Å²) in [5, 5.41) is 0. The van der Waals surface area contributed by atoms with Gasteiger partial charge in [0.1, 0.15) is 12.9 Å². The van der Waals surface area contributed by atoms with E-state index in [4.69, 9.17) is 4.74 Å². The molecule has 0 spiro atoms. The van der Waals surface area contributed by atoms with E-state index in [-0.39, 0.29) is 18.0 Å². The standard InChI is InChI=1S/C17H20O3/c1-13(10-18)9-17(12-16(17,2)3)15(19)20-11-14-7-5-4-6-8-14/h4-10H,11-12H2,1-3H3. The zero-order valence-corrected chi connectivity index (χ0v) is 12.2. The minimum atomic E-state index is -0.646. The SMILES string of the molecule is CC(C=O)=CC1(C(=O)OCc2ccccc2)CC1(C)C. The normalized spacial score (nSPS) is 24.1. The van der Waals surface area contributed by atoms with Gasteiger partial charge in [-0.1, -0.05) is 50.3 Å². The summed E-state index contributed by atoms with van der Waals surface area (Å²) in [6.07, 6.45) is 3.26. The van der Waals surface area contributed by atoms with E-state index in [0.717, 1.165) is 18.3 Å². The van der Waals surface area contributed by atoms with E-state index in [0.29, 0.717) is 5.57 Å². The molecule has 0 radical (unpaired) electrons. The molecule has 1 aliphatic carbocycles. The summed E-state index contributed by atoms with van der Waals surface area (Å²) in [7, 11) is 0. The van der Waals surface area contributed by atoms with E-state index in [9.17, 15) is 9.59 Å². The van der Waals surface area contributed by atoms with E-state index in [1.54, 1.807) is 13.0 Å². The third kappa shape index (κ3) is 2.67. The van der Waals surface area contributed by atoms with Crippen LogP contribution >= 0.6 is 0 Å². The van der Waals surface area contributed by atoms with E-state index in [1.807, 2.05) is 44.2 Å². The molecule has 0 amide bonds. The molecular weight excluding hydrogens is 252 g/mol. The number of esters is 1. The minimum Gasteiger partial charge on any atom is -0.460 e. The summed E-state index contributed by atoms with van der Waals surface area (Å²) in [6.45, 7) is 6.02. The molecule has 0 heterocycles. The number of benzene rings is 1. The largest absolute Gasteiger partial charge is 0.460 e. The summed E-state index contributed by atoms with van der Waals surface area (Å²) in [6, 6.07) is 9.59. The molecule has 3 nitrogen and oxygen atoms in total. The average molecular weight is 272 g/mol. The highest BCUT2D eigenvalue weighted by Crippen LogP contribution is 2.65. The lowest BCUT2D eigenvalue weighted by atomic mass is 9.93. The van der Waals surface area contributed by atoms with Crippen molar-refractivity contribution in [2.24, 2.45) is 10.8 Å². The summed E-state index contributed by atoms with van der Waals surface area (Å²) in [5.74, 6) is -0.243. The Kier molecular flexibility index (Phi) is 3.80. The lowest BCUT2D eigenvalue weighted by Gasteiger charge is -2.16. The number of allylic oxidation sites excluding steroid dienone is 1. The Morgan fingerprint density at radius 3 is 2.40 bits per heavy atom. The first-order chi connectivity index (χ1) is 9.41. The number of rotatable bonds is 5. The van der Waals surface area contributed by atoms with Crippen LogP contribution < -0.4 is 0 Å². The molecule has 2 rings (SSSR count). The lowest BCUT2D eigenvalue weighted by molar-refractivity contribution is -0.150. The molecule has 1 saturated carbocycles. The highest BCUT2D eigenvalue weighted by Gasteiger charge is 2.66. The molecule has 20 heavy (non-hydrogen) atoms. The molecule has 0 aliphatic heterocycles. The van der Waals surface area contributed by atoms with Crippen LogP contribution in [0.25, 0.3) is 0 Å². The second kappa shape index (κ2) is 5.23. The molecule has 0 saturated heterocycles. The fourth-order valence-electron chi connectivity index (χ4n) is 2.58. The maximum absolute atomic E-state index is 12.4. The maximum Gasteiger partial charge on any atom is 0.316 e. The van der Waals surface area contributed by atoms with Crippen LogP contribution in [0.3, 0.4) is 0 Å². The van der Waals surface area contributed by atoms with Crippen LogP contribution in [0, 0.1) is 10.8 Å². The summed E-state index contributed by atoms with van der Waals surface area (Å²) < 4.78 is 5.44. The van der Waals surface area contributed by atoms with Crippen molar-refractivity contribution in [2.75, 3.05) is 0 Å². The molecule has 1 aliphatic rings. The predicted molar refractivity (Wildman–Crippen MR) is 76.9 cm³/mol. The van der Waals surface area contributed by atoms with Crippen molar-refractivity contribution in [3.8, 4) is 0 Å². The zero-order chi connectivity index (χ0) is 14.8. The Hall–Kier alpha value is -1.90. The van der Waals surface area contributed by atoms with Gasteiger partial charge < -0.3 is 4.74 Å². The maximum atomic E-state index is 12.4. The van der Waals surface area contributed by atoms with Gasteiger partial charge in [-0.2, -0.15) is 0 Å². The van der Waals surface area contributed by atoms with Crippen molar-refractivity contribution in [2.45, 2.75) is 33.8 Å². The van der Waals surface area contributed by atoms with Gasteiger partial charge >= 0.3 is 5.97 Å². The topological polar surface area (TPSA) is 43.4 Å². The second-order valence-corrected chi connectivity index (χ2v) is 6.10. The number of aldehydes is 1. The fraction of sp³-hybridized carbons (Fsp3) is 0.412. The van der Waals surface area contributed by atoms with Crippen LogP contribution in [0.5, 0.6) is 0 Å². The van der Waals surface area contributed by atoms with Crippen LogP contribution in [-0.4, -0.2) is 12.3 Å². The molecule has 1 aromatic rings. The monoisotopic (exact) mass is 272 g/mol. The Labute approximate surface area is 119 Å². The summed E-state index contributed by atoms with van der Waals surface area (Å²) in [4.78, 5) is 23.2. The summed E-state index contributed by atoms with van der Waals surface area (Å²) in [5.41, 5.74) is 0.746.